The molecule has 1 saturated carbocycles. The highest BCUT2D eigenvalue weighted by molar-refractivity contribution is 5.48. The second-order valence-electron chi connectivity index (χ2n) is 7.34. The van der Waals surface area contributed by atoms with Crippen LogP contribution in [0.1, 0.15) is 51.5 Å². The third kappa shape index (κ3) is 2.13. The van der Waals surface area contributed by atoms with Gasteiger partial charge in [0.2, 0.25) is 0 Å². The van der Waals surface area contributed by atoms with E-state index in [1.807, 2.05) is 24.3 Å². The summed E-state index contributed by atoms with van der Waals surface area (Å²) in [7, 11) is 0. The van der Waals surface area contributed by atoms with Crippen molar-refractivity contribution in [2.24, 2.45) is 5.41 Å². The monoisotopic (exact) mass is 285 g/mol. The number of hydrogen-bond acceptors (Lipinski definition) is 3. The number of benzene rings is 1. The Kier molecular flexibility index (Phi) is 3.26. The number of nitriles is 1. The van der Waals surface area contributed by atoms with E-state index in [1.54, 1.807) is 0 Å². The van der Waals surface area contributed by atoms with Crippen molar-refractivity contribution in [3.05, 3.63) is 29.8 Å². The van der Waals surface area contributed by atoms with Crippen LogP contribution in [0, 0.1) is 16.7 Å². The maximum Gasteiger partial charge on any atom is 0.124 e. The number of nitrogens with zero attached hydrogens (tertiary/aromatic N) is 1. The van der Waals surface area contributed by atoms with Crippen LogP contribution in [-0.2, 0) is 5.41 Å². The summed E-state index contributed by atoms with van der Waals surface area (Å²) in [5.74, 6) is 0.752. The highest BCUT2D eigenvalue weighted by atomic mass is 16.5. The van der Waals surface area contributed by atoms with Crippen LogP contribution in [0.3, 0.4) is 0 Å². The minimum Gasteiger partial charge on any atom is -0.493 e. The summed E-state index contributed by atoms with van der Waals surface area (Å²) in [5.41, 5.74) is -0.883. The molecule has 3 rings (SSSR count). The summed E-state index contributed by atoms with van der Waals surface area (Å²) in [4.78, 5) is 0. The first-order valence-electron chi connectivity index (χ1n) is 7.79. The molecule has 0 radical (unpaired) electrons. The lowest BCUT2D eigenvalue weighted by Crippen LogP contribution is -2.56. The van der Waals surface area contributed by atoms with Gasteiger partial charge in [0.15, 0.2) is 0 Å². The molecule has 3 nitrogen and oxygen atoms in total. The second-order valence-corrected chi connectivity index (χ2v) is 7.34. The summed E-state index contributed by atoms with van der Waals surface area (Å²) < 4.78 is 5.71. The maximum atomic E-state index is 11.5. The Labute approximate surface area is 126 Å². The lowest BCUT2D eigenvalue weighted by molar-refractivity contribution is -0.0912. The predicted octanol–water partition coefficient (Wildman–Crippen LogP) is 3.56. The van der Waals surface area contributed by atoms with Crippen LogP contribution >= 0.6 is 0 Å². The molecule has 1 aromatic carbocycles. The minimum absolute atomic E-state index is 0.0735. The van der Waals surface area contributed by atoms with Crippen LogP contribution in [-0.4, -0.2) is 17.3 Å². The number of hydrogen-bond donors (Lipinski definition) is 1. The lowest BCUT2D eigenvalue weighted by Gasteiger charge is -2.51. The number of ether oxygens (including phenoxy) is 1. The van der Waals surface area contributed by atoms with Crippen molar-refractivity contribution in [2.75, 3.05) is 6.61 Å². The molecule has 2 aliphatic rings. The molecule has 1 aromatic rings. The molecule has 2 atom stereocenters. The predicted molar refractivity (Wildman–Crippen MR) is 81.0 cm³/mol. The molecule has 112 valence electrons. The topological polar surface area (TPSA) is 53.2 Å². The third-order valence-corrected chi connectivity index (χ3v) is 5.28. The molecule has 21 heavy (non-hydrogen) atoms. The van der Waals surface area contributed by atoms with Crippen LogP contribution in [0.4, 0.5) is 0 Å². The fourth-order valence-corrected chi connectivity index (χ4v) is 4.29. The Bertz CT molecular complexity index is 589. The molecule has 1 aliphatic heterocycles. The highest BCUT2D eigenvalue weighted by Crippen LogP contribution is 2.54. The first kappa shape index (κ1) is 14.4. The Balaban J connectivity index is 2.12. The van der Waals surface area contributed by atoms with Crippen molar-refractivity contribution in [3.63, 3.8) is 0 Å². The molecule has 1 aliphatic carbocycles. The standard InChI is InChI=1S/C18H23NO2/c1-16(2)8-5-9-18(20,12-16)17(13-19)10-11-21-15-7-4-3-6-14(15)17/h3-4,6-7,20H,5,8-12H2,1-2H3. The van der Waals surface area contributed by atoms with E-state index < -0.39 is 11.0 Å². The average Bonchev–Trinajstić information content (AvgIpc) is 2.45. The van der Waals surface area contributed by atoms with Gasteiger partial charge in [-0.2, -0.15) is 5.26 Å². The molecule has 0 amide bonds. The first-order valence-corrected chi connectivity index (χ1v) is 7.79. The smallest absolute Gasteiger partial charge is 0.124 e. The molecule has 0 saturated heterocycles. The maximum absolute atomic E-state index is 11.5. The van der Waals surface area contributed by atoms with Crippen molar-refractivity contribution in [1.82, 2.24) is 0 Å². The summed E-state index contributed by atoms with van der Waals surface area (Å²) in [6.45, 7) is 4.87. The van der Waals surface area contributed by atoms with Gasteiger partial charge in [0, 0.05) is 12.0 Å². The fraction of sp³-hybridized carbons (Fsp3) is 0.611. The van der Waals surface area contributed by atoms with Gasteiger partial charge in [-0.05, 0) is 37.2 Å². The fourth-order valence-electron chi connectivity index (χ4n) is 4.29. The Hall–Kier alpha value is -1.53. The molecule has 1 N–H and O–H groups in total. The summed E-state index contributed by atoms with van der Waals surface area (Å²) in [6.07, 6.45) is 4.00. The van der Waals surface area contributed by atoms with Crippen LogP contribution in [0.25, 0.3) is 0 Å². The van der Waals surface area contributed by atoms with Crippen molar-refractivity contribution in [1.29, 1.82) is 5.26 Å². The minimum atomic E-state index is -0.969. The number of para-hydroxylation sites is 1. The molecule has 1 fully saturated rings. The molecular weight excluding hydrogens is 262 g/mol. The Morgan fingerprint density at radius 3 is 2.67 bits per heavy atom. The van der Waals surface area contributed by atoms with E-state index in [2.05, 4.69) is 19.9 Å². The van der Waals surface area contributed by atoms with E-state index in [4.69, 9.17) is 4.74 Å². The van der Waals surface area contributed by atoms with E-state index in [0.29, 0.717) is 25.9 Å². The molecule has 3 heteroatoms. The second kappa shape index (κ2) is 4.74. The van der Waals surface area contributed by atoms with Gasteiger partial charge in [0.25, 0.3) is 0 Å². The highest BCUT2D eigenvalue weighted by Gasteiger charge is 2.57. The van der Waals surface area contributed by atoms with Crippen LogP contribution in [0.15, 0.2) is 24.3 Å². The van der Waals surface area contributed by atoms with Gasteiger partial charge in [0.1, 0.15) is 11.2 Å². The molecular formula is C18H23NO2. The molecule has 1 heterocycles. The molecule has 2 unspecified atom stereocenters. The number of rotatable bonds is 1. The zero-order chi connectivity index (χ0) is 15.1. The van der Waals surface area contributed by atoms with Crippen LogP contribution in [0.2, 0.25) is 0 Å². The van der Waals surface area contributed by atoms with Crippen molar-refractivity contribution >= 4 is 0 Å². The number of aliphatic hydroxyl groups is 1. The van der Waals surface area contributed by atoms with Crippen LogP contribution in [0.5, 0.6) is 5.75 Å². The average molecular weight is 285 g/mol. The largest absolute Gasteiger partial charge is 0.493 e. The van der Waals surface area contributed by atoms with Gasteiger partial charge in [-0.15, -0.1) is 0 Å². The van der Waals surface area contributed by atoms with E-state index in [1.165, 1.54) is 0 Å². The van der Waals surface area contributed by atoms with Gasteiger partial charge in [-0.3, -0.25) is 0 Å². The zero-order valence-electron chi connectivity index (χ0n) is 12.9. The number of fused-ring (bicyclic) bond motifs is 1. The lowest BCUT2D eigenvalue weighted by atomic mass is 9.56. The van der Waals surface area contributed by atoms with Gasteiger partial charge < -0.3 is 9.84 Å². The normalized spacial score (nSPS) is 34.4. The SMILES string of the molecule is CC1(C)CCCC(O)(C2(C#N)CCOc3ccccc32)C1. The van der Waals surface area contributed by atoms with Crippen molar-refractivity contribution < 1.29 is 9.84 Å². The molecule has 0 bridgehead atoms. The quantitative estimate of drug-likeness (QED) is 0.858. The van der Waals surface area contributed by atoms with E-state index >= 15 is 0 Å². The van der Waals surface area contributed by atoms with Gasteiger partial charge in [-0.25, -0.2) is 0 Å². The van der Waals surface area contributed by atoms with Crippen LogP contribution < -0.4 is 4.74 Å². The van der Waals surface area contributed by atoms with E-state index in [9.17, 15) is 10.4 Å². The third-order valence-electron chi connectivity index (χ3n) is 5.28. The van der Waals surface area contributed by atoms with Gasteiger partial charge in [-0.1, -0.05) is 32.0 Å². The Morgan fingerprint density at radius 1 is 1.19 bits per heavy atom. The first-order chi connectivity index (χ1) is 9.93. The molecule has 0 spiro atoms. The van der Waals surface area contributed by atoms with E-state index in [0.717, 1.165) is 24.2 Å². The summed E-state index contributed by atoms with van der Waals surface area (Å²) in [6, 6.07) is 10.2. The van der Waals surface area contributed by atoms with Gasteiger partial charge >= 0.3 is 0 Å². The zero-order valence-corrected chi connectivity index (χ0v) is 12.9. The van der Waals surface area contributed by atoms with Crippen molar-refractivity contribution in [3.8, 4) is 11.8 Å². The van der Waals surface area contributed by atoms with Gasteiger partial charge in [0.05, 0.1) is 18.3 Å². The molecule has 0 aromatic heterocycles. The Morgan fingerprint density at radius 2 is 1.95 bits per heavy atom. The summed E-state index contributed by atoms with van der Waals surface area (Å²) >= 11 is 0. The summed E-state index contributed by atoms with van der Waals surface area (Å²) in [5, 5.41) is 21.5. The van der Waals surface area contributed by atoms with E-state index in [-0.39, 0.29) is 5.41 Å². The van der Waals surface area contributed by atoms with Crippen molar-refractivity contribution in [2.45, 2.75) is 57.0 Å².